The maximum Gasteiger partial charge on any atom is 0.251 e. The Bertz CT molecular complexity index is 712. The van der Waals surface area contributed by atoms with Crippen molar-refractivity contribution in [2.45, 2.75) is 65.3 Å². The Morgan fingerprint density at radius 1 is 1.07 bits per heavy atom. The summed E-state index contributed by atoms with van der Waals surface area (Å²) < 4.78 is 0. The van der Waals surface area contributed by atoms with Crippen LogP contribution >= 0.6 is 0 Å². The Balaban J connectivity index is 1.69. The van der Waals surface area contributed by atoms with Gasteiger partial charge in [-0.25, -0.2) is 0 Å². The van der Waals surface area contributed by atoms with Crippen molar-refractivity contribution in [2.24, 2.45) is 5.92 Å². The second-order valence-corrected chi connectivity index (χ2v) is 9.16. The number of hydrogen-bond donors (Lipinski definition) is 2. The van der Waals surface area contributed by atoms with Gasteiger partial charge in [-0.1, -0.05) is 46.8 Å². The zero-order valence-corrected chi connectivity index (χ0v) is 18.4. The zero-order chi connectivity index (χ0) is 21.6. The molecule has 1 aliphatic heterocycles. The van der Waals surface area contributed by atoms with Crippen molar-refractivity contribution in [3.63, 3.8) is 0 Å². The Labute approximate surface area is 174 Å². The predicted octanol–water partition coefficient (Wildman–Crippen LogP) is 2.87. The molecule has 0 atom stereocenters. The van der Waals surface area contributed by atoms with Gasteiger partial charge < -0.3 is 15.5 Å². The molecule has 0 unspecified atom stereocenters. The van der Waals surface area contributed by atoms with E-state index >= 15 is 0 Å². The first kappa shape index (κ1) is 22.9. The van der Waals surface area contributed by atoms with Gasteiger partial charge in [-0.15, -0.1) is 0 Å². The Hall–Kier alpha value is -2.37. The molecule has 0 radical (unpaired) electrons. The van der Waals surface area contributed by atoms with Gasteiger partial charge in [0.25, 0.3) is 5.91 Å². The number of rotatable bonds is 6. The van der Waals surface area contributed by atoms with E-state index in [1.807, 2.05) is 43.0 Å². The van der Waals surface area contributed by atoms with E-state index in [1.165, 1.54) is 5.56 Å². The van der Waals surface area contributed by atoms with Crippen LogP contribution < -0.4 is 10.6 Å². The molecule has 29 heavy (non-hydrogen) atoms. The van der Waals surface area contributed by atoms with E-state index in [0.717, 1.165) is 12.8 Å². The summed E-state index contributed by atoms with van der Waals surface area (Å²) in [5.41, 5.74) is 1.82. The molecule has 0 aliphatic carbocycles. The SMILES string of the molecule is CC(C)C(=O)N1CCC(NC(=O)CCNC(=O)c2ccc(C(C)(C)C)cc2)CC1. The van der Waals surface area contributed by atoms with Gasteiger partial charge in [-0.2, -0.15) is 0 Å². The maximum absolute atomic E-state index is 12.3. The fraction of sp³-hybridized carbons (Fsp3) is 0.609. The third-order valence-electron chi connectivity index (χ3n) is 5.32. The van der Waals surface area contributed by atoms with Crippen molar-refractivity contribution in [1.29, 1.82) is 0 Å². The maximum atomic E-state index is 12.3. The van der Waals surface area contributed by atoms with Crippen LogP contribution in [0.2, 0.25) is 0 Å². The van der Waals surface area contributed by atoms with Gasteiger partial charge in [-0.3, -0.25) is 14.4 Å². The van der Waals surface area contributed by atoms with E-state index in [1.54, 1.807) is 0 Å². The van der Waals surface area contributed by atoms with Crippen molar-refractivity contribution in [3.05, 3.63) is 35.4 Å². The van der Waals surface area contributed by atoms with Crippen molar-refractivity contribution < 1.29 is 14.4 Å². The van der Waals surface area contributed by atoms with Gasteiger partial charge >= 0.3 is 0 Å². The average Bonchev–Trinajstić information content (AvgIpc) is 2.67. The van der Waals surface area contributed by atoms with Crippen LogP contribution in [0, 0.1) is 5.92 Å². The first-order chi connectivity index (χ1) is 13.6. The van der Waals surface area contributed by atoms with Crippen LogP contribution in [0.1, 0.15) is 69.8 Å². The molecule has 6 nitrogen and oxygen atoms in total. The largest absolute Gasteiger partial charge is 0.353 e. The number of benzene rings is 1. The minimum Gasteiger partial charge on any atom is -0.353 e. The highest BCUT2D eigenvalue weighted by Gasteiger charge is 2.25. The molecule has 160 valence electrons. The van der Waals surface area contributed by atoms with Gasteiger partial charge in [0.05, 0.1) is 0 Å². The highest BCUT2D eigenvalue weighted by Crippen LogP contribution is 2.22. The van der Waals surface area contributed by atoms with Crippen LogP contribution in [0.5, 0.6) is 0 Å². The summed E-state index contributed by atoms with van der Waals surface area (Å²) in [6, 6.07) is 7.68. The summed E-state index contributed by atoms with van der Waals surface area (Å²) in [6.07, 6.45) is 1.80. The molecule has 6 heteroatoms. The smallest absolute Gasteiger partial charge is 0.251 e. The average molecular weight is 402 g/mol. The minimum absolute atomic E-state index is 0.00872. The Morgan fingerprint density at radius 3 is 2.17 bits per heavy atom. The molecule has 1 saturated heterocycles. The van der Waals surface area contributed by atoms with Crippen LogP contribution in [0.4, 0.5) is 0 Å². The summed E-state index contributed by atoms with van der Waals surface area (Å²) in [4.78, 5) is 38.3. The molecule has 1 aromatic rings. The number of hydrogen-bond acceptors (Lipinski definition) is 3. The third-order valence-corrected chi connectivity index (χ3v) is 5.32. The van der Waals surface area contributed by atoms with Crippen molar-refractivity contribution in [2.75, 3.05) is 19.6 Å². The molecule has 1 aromatic carbocycles. The molecule has 0 saturated carbocycles. The van der Waals surface area contributed by atoms with Gasteiger partial charge in [0, 0.05) is 43.6 Å². The van der Waals surface area contributed by atoms with Crippen LogP contribution in [0.15, 0.2) is 24.3 Å². The van der Waals surface area contributed by atoms with E-state index in [-0.39, 0.29) is 41.5 Å². The minimum atomic E-state index is -0.168. The van der Waals surface area contributed by atoms with E-state index in [0.29, 0.717) is 25.2 Å². The topological polar surface area (TPSA) is 78.5 Å². The molecule has 2 rings (SSSR count). The lowest BCUT2D eigenvalue weighted by Crippen LogP contribution is -2.47. The highest BCUT2D eigenvalue weighted by atomic mass is 16.2. The summed E-state index contributed by atoms with van der Waals surface area (Å²) in [7, 11) is 0. The molecule has 1 fully saturated rings. The third kappa shape index (κ3) is 6.87. The lowest BCUT2D eigenvalue weighted by Gasteiger charge is -2.33. The van der Waals surface area contributed by atoms with Gasteiger partial charge in [-0.05, 0) is 36.0 Å². The molecule has 3 amide bonds. The molecule has 0 aromatic heterocycles. The summed E-state index contributed by atoms with van der Waals surface area (Å²) in [5.74, 6) is -0.0526. The molecule has 0 spiro atoms. The molecule has 0 bridgehead atoms. The number of nitrogens with zero attached hydrogens (tertiary/aromatic N) is 1. The molecular formula is C23H35N3O3. The Kier molecular flexibility index (Phi) is 7.82. The monoisotopic (exact) mass is 401 g/mol. The van der Waals surface area contributed by atoms with Crippen molar-refractivity contribution >= 4 is 17.7 Å². The first-order valence-corrected chi connectivity index (χ1v) is 10.5. The van der Waals surface area contributed by atoms with Crippen LogP contribution in [0.3, 0.4) is 0 Å². The number of nitrogens with one attached hydrogen (secondary N) is 2. The van der Waals surface area contributed by atoms with E-state index in [2.05, 4.69) is 31.4 Å². The van der Waals surface area contributed by atoms with E-state index in [4.69, 9.17) is 0 Å². The number of carbonyl (C=O) groups excluding carboxylic acids is 3. The predicted molar refractivity (Wildman–Crippen MR) is 115 cm³/mol. The quantitative estimate of drug-likeness (QED) is 0.769. The standard InChI is InChI=1S/C23H35N3O3/c1-16(2)22(29)26-14-11-19(12-15-26)25-20(27)10-13-24-21(28)17-6-8-18(9-7-17)23(3,4)5/h6-9,16,19H,10-15H2,1-5H3,(H,24,28)(H,25,27). The Morgan fingerprint density at radius 2 is 1.66 bits per heavy atom. The second-order valence-electron chi connectivity index (χ2n) is 9.16. The molecule has 1 aliphatic rings. The number of amides is 3. The lowest BCUT2D eigenvalue weighted by atomic mass is 9.87. The summed E-state index contributed by atoms with van der Waals surface area (Å²) >= 11 is 0. The van der Waals surface area contributed by atoms with Gasteiger partial charge in [0.1, 0.15) is 0 Å². The second kappa shape index (κ2) is 9.90. The number of carbonyl (C=O) groups is 3. The summed E-state index contributed by atoms with van der Waals surface area (Å²) in [5, 5.41) is 5.82. The lowest BCUT2D eigenvalue weighted by molar-refractivity contribution is -0.135. The normalized spacial score (nSPS) is 15.3. The van der Waals surface area contributed by atoms with Gasteiger partial charge in [0.2, 0.25) is 11.8 Å². The van der Waals surface area contributed by atoms with Crippen LogP contribution in [-0.4, -0.2) is 48.3 Å². The van der Waals surface area contributed by atoms with Crippen molar-refractivity contribution in [3.8, 4) is 0 Å². The van der Waals surface area contributed by atoms with Gasteiger partial charge in [0.15, 0.2) is 0 Å². The fourth-order valence-electron chi connectivity index (χ4n) is 3.42. The summed E-state index contributed by atoms with van der Waals surface area (Å²) in [6.45, 7) is 11.9. The van der Waals surface area contributed by atoms with Crippen LogP contribution in [-0.2, 0) is 15.0 Å². The van der Waals surface area contributed by atoms with Crippen molar-refractivity contribution in [1.82, 2.24) is 15.5 Å². The number of likely N-dealkylation sites (tertiary alicyclic amines) is 1. The highest BCUT2D eigenvalue weighted by molar-refractivity contribution is 5.94. The number of piperidine rings is 1. The molecular weight excluding hydrogens is 366 g/mol. The van der Waals surface area contributed by atoms with E-state index in [9.17, 15) is 14.4 Å². The van der Waals surface area contributed by atoms with E-state index < -0.39 is 0 Å². The zero-order valence-electron chi connectivity index (χ0n) is 18.4. The first-order valence-electron chi connectivity index (χ1n) is 10.5. The molecule has 2 N–H and O–H groups in total. The van der Waals surface area contributed by atoms with Crippen LogP contribution in [0.25, 0.3) is 0 Å². The fourth-order valence-corrected chi connectivity index (χ4v) is 3.42. The molecule has 1 heterocycles.